The highest BCUT2D eigenvalue weighted by atomic mass is 16.5. The number of aromatic nitrogens is 3. The Hall–Kier alpha value is -2.93. The Bertz CT molecular complexity index is 984. The number of rotatable bonds is 6. The monoisotopic (exact) mass is 379 g/mol. The number of carbonyl (C=O) groups is 1. The van der Waals surface area contributed by atoms with Gasteiger partial charge in [0.15, 0.2) is 5.65 Å². The topological polar surface area (TPSA) is 86.3 Å². The van der Waals surface area contributed by atoms with Crippen LogP contribution >= 0.6 is 0 Å². The van der Waals surface area contributed by atoms with Crippen LogP contribution in [0.4, 0.5) is 0 Å². The van der Waals surface area contributed by atoms with E-state index in [2.05, 4.69) is 11.1 Å². The summed E-state index contributed by atoms with van der Waals surface area (Å²) in [6.07, 6.45) is 3.07. The van der Waals surface area contributed by atoms with Crippen LogP contribution in [-0.4, -0.2) is 52.3 Å². The van der Waals surface area contributed by atoms with Crippen molar-refractivity contribution in [2.75, 3.05) is 26.7 Å². The molecule has 4 rings (SSSR count). The molecule has 0 radical (unpaired) electrons. The number of pyridine rings is 1. The second-order valence-electron chi connectivity index (χ2n) is 7.13. The summed E-state index contributed by atoms with van der Waals surface area (Å²) in [6.45, 7) is 2.59. The average Bonchev–Trinajstić information content (AvgIpc) is 3.34. The van der Waals surface area contributed by atoms with Gasteiger partial charge in [-0.1, -0.05) is 12.1 Å². The fourth-order valence-corrected chi connectivity index (χ4v) is 3.89. The minimum absolute atomic E-state index is 0.138. The van der Waals surface area contributed by atoms with Crippen LogP contribution in [0.1, 0.15) is 23.6 Å². The van der Waals surface area contributed by atoms with Crippen molar-refractivity contribution in [3.8, 4) is 5.75 Å². The van der Waals surface area contributed by atoms with E-state index in [1.807, 2.05) is 39.9 Å². The van der Waals surface area contributed by atoms with Crippen LogP contribution in [-0.2, 0) is 17.8 Å². The van der Waals surface area contributed by atoms with E-state index < -0.39 is 0 Å². The second kappa shape index (κ2) is 7.98. The molecule has 3 heterocycles. The molecule has 1 aliphatic heterocycles. The number of carbonyl (C=O) groups excluding carboxylic acids is 1. The molecule has 2 aromatic heterocycles. The Morgan fingerprint density at radius 3 is 3.04 bits per heavy atom. The number of amides is 1. The maximum Gasteiger partial charge on any atom is 0.227 e. The molecule has 1 fully saturated rings. The first kappa shape index (κ1) is 18.4. The Balaban J connectivity index is 1.49. The van der Waals surface area contributed by atoms with Crippen LogP contribution < -0.4 is 10.5 Å². The van der Waals surface area contributed by atoms with E-state index in [1.165, 1.54) is 0 Å². The number of fused-ring (bicyclic) bond motifs is 1. The Morgan fingerprint density at radius 2 is 2.21 bits per heavy atom. The summed E-state index contributed by atoms with van der Waals surface area (Å²) in [7, 11) is 1.63. The lowest BCUT2D eigenvalue weighted by Crippen LogP contribution is -2.30. The number of hydrogen-bond donors (Lipinski definition) is 1. The first-order valence-corrected chi connectivity index (χ1v) is 9.62. The van der Waals surface area contributed by atoms with Crippen molar-refractivity contribution in [3.05, 3.63) is 53.9 Å². The fraction of sp³-hybridized carbons (Fsp3) is 0.381. The fourth-order valence-electron chi connectivity index (χ4n) is 3.89. The molecule has 0 saturated carbocycles. The summed E-state index contributed by atoms with van der Waals surface area (Å²) in [5.74, 6) is 1.13. The van der Waals surface area contributed by atoms with Gasteiger partial charge in [-0.2, -0.15) is 5.10 Å². The minimum atomic E-state index is 0.138. The van der Waals surface area contributed by atoms with Crippen LogP contribution in [0, 0.1) is 0 Å². The van der Waals surface area contributed by atoms with Gasteiger partial charge in [-0.15, -0.1) is 0 Å². The molecule has 146 valence electrons. The van der Waals surface area contributed by atoms with E-state index in [4.69, 9.17) is 15.6 Å². The van der Waals surface area contributed by atoms with Crippen LogP contribution in [0.2, 0.25) is 0 Å². The average molecular weight is 379 g/mol. The second-order valence-corrected chi connectivity index (χ2v) is 7.13. The lowest BCUT2D eigenvalue weighted by molar-refractivity contribution is -0.129. The number of benzene rings is 1. The van der Waals surface area contributed by atoms with Crippen LogP contribution in [0.15, 0.2) is 42.6 Å². The molecule has 0 unspecified atom stereocenters. The van der Waals surface area contributed by atoms with Crippen molar-refractivity contribution in [3.63, 3.8) is 0 Å². The molecule has 2 N–H and O–H groups in total. The van der Waals surface area contributed by atoms with Crippen molar-refractivity contribution in [2.24, 2.45) is 5.73 Å². The van der Waals surface area contributed by atoms with E-state index >= 15 is 0 Å². The third-order valence-corrected chi connectivity index (χ3v) is 5.29. The van der Waals surface area contributed by atoms with Crippen LogP contribution in [0.25, 0.3) is 11.0 Å². The standard InChI is InChI=1S/C21H25N5O2/c1-28-17-5-2-4-15(12-17)13-19(27)25-10-7-16(14-25)20-18-6-3-9-23-21(18)26(24-20)11-8-22/h2-6,9,12,16H,7-8,10-11,13-14,22H2,1H3/t16-/m1/s1. The van der Waals surface area contributed by atoms with E-state index in [-0.39, 0.29) is 11.8 Å². The summed E-state index contributed by atoms with van der Waals surface area (Å²) < 4.78 is 7.13. The summed E-state index contributed by atoms with van der Waals surface area (Å²) in [5.41, 5.74) is 8.57. The van der Waals surface area contributed by atoms with Gasteiger partial charge < -0.3 is 15.4 Å². The molecule has 7 heteroatoms. The number of nitrogens with two attached hydrogens (primary N) is 1. The molecule has 7 nitrogen and oxygen atoms in total. The molecule has 28 heavy (non-hydrogen) atoms. The van der Waals surface area contributed by atoms with Crippen molar-refractivity contribution < 1.29 is 9.53 Å². The largest absolute Gasteiger partial charge is 0.497 e. The zero-order valence-corrected chi connectivity index (χ0v) is 16.0. The van der Waals surface area contributed by atoms with E-state index in [0.29, 0.717) is 26.1 Å². The van der Waals surface area contributed by atoms with Gasteiger partial charge in [0.05, 0.1) is 25.8 Å². The van der Waals surface area contributed by atoms with Gasteiger partial charge in [0, 0.05) is 37.1 Å². The summed E-state index contributed by atoms with van der Waals surface area (Å²) >= 11 is 0. The van der Waals surface area contributed by atoms with Gasteiger partial charge in [-0.25, -0.2) is 9.67 Å². The number of nitrogens with zero attached hydrogens (tertiary/aromatic N) is 4. The van der Waals surface area contributed by atoms with E-state index in [0.717, 1.165) is 41.0 Å². The highest BCUT2D eigenvalue weighted by molar-refractivity contribution is 5.81. The van der Waals surface area contributed by atoms with Crippen molar-refractivity contribution in [1.82, 2.24) is 19.7 Å². The first-order chi connectivity index (χ1) is 13.7. The molecular weight excluding hydrogens is 354 g/mol. The molecular formula is C21H25N5O2. The number of methoxy groups -OCH3 is 1. The minimum Gasteiger partial charge on any atom is -0.497 e. The highest BCUT2D eigenvalue weighted by Crippen LogP contribution is 2.31. The van der Waals surface area contributed by atoms with E-state index in [1.54, 1.807) is 13.3 Å². The van der Waals surface area contributed by atoms with Gasteiger partial charge in [-0.05, 0) is 36.2 Å². The summed E-state index contributed by atoms with van der Waals surface area (Å²) in [6, 6.07) is 11.7. The number of likely N-dealkylation sites (tertiary alicyclic amines) is 1. The molecule has 1 saturated heterocycles. The Labute approximate surface area is 164 Å². The molecule has 1 aliphatic rings. The van der Waals surface area contributed by atoms with Crippen molar-refractivity contribution in [1.29, 1.82) is 0 Å². The quantitative estimate of drug-likeness (QED) is 0.707. The predicted octanol–water partition coefficient (Wildman–Crippen LogP) is 1.96. The lowest BCUT2D eigenvalue weighted by Gasteiger charge is -2.16. The molecule has 0 aliphatic carbocycles. The van der Waals surface area contributed by atoms with Crippen molar-refractivity contribution in [2.45, 2.75) is 25.3 Å². The van der Waals surface area contributed by atoms with Gasteiger partial charge in [0.1, 0.15) is 5.75 Å². The van der Waals surface area contributed by atoms with Crippen LogP contribution in [0.3, 0.4) is 0 Å². The highest BCUT2D eigenvalue weighted by Gasteiger charge is 2.30. The third kappa shape index (κ3) is 3.57. The van der Waals surface area contributed by atoms with Crippen molar-refractivity contribution >= 4 is 16.9 Å². The molecule has 1 atom stereocenters. The van der Waals surface area contributed by atoms with Gasteiger partial charge in [-0.3, -0.25) is 4.79 Å². The SMILES string of the molecule is COc1cccc(CC(=O)N2CC[C@@H](c3nn(CCN)c4ncccc34)C2)c1. The Kier molecular flexibility index (Phi) is 5.25. The Morgan fingerprint density at radius 1 is 1.32 bits per heavy atom. The molecule has 1 aromatic carbocycles. The van der Waals surface area contributed by atoms with Gasteiger partial charge in [0.25, 0.3) is 0 Å². The lowest BCUT2D eigenvalue weighted by atomic mass is 10.0. The normalized spacial score (nSPS) is 16.6. The molecule has 1 amide bonds. The zero-order chi connectivity index (χ0) is 19.5. The maximum atomic E-state index is 12.8. The third-order valence-electron chi connectivity index (χ3n) is 5.29. The smallest absolute Gasteiger partial charge is 0.227 e. The maximum absolute atomic E-state index is 12.8. The number of hydrogen-bond acceptors (Lipinski definition) is 5. The summed E-state index contributed by atoms with van der Waals surface area (Å²) in [4.78, 5) is 19.2. The van der Waals surface area contributed by atoms with Gasteiger partial charge >= 0.3 is 0 Å². The summed E-state index contributed by atoms with van der Waals surface area (Å²) in [5, 5.41) is 5.84. The molecule has 0 spiro atoms. The van der Waals surface area contributed by atoms with Gasteiger partial charge in [0.2, 0.25) is 5.91 Å². The molecule has 0 bridgehead atoms. The first-order valence-electron chi connectivity index (χ1n) is 9.62. The molecule has 3 aromatic rings. The van der Waals surface area contributed by atoms with Crippen LogP contribution in [0.5, 0.6) is 5.75 Å². The number of ether oxygens (including phenoxy) is 1. The van der Waals surface area contributed by atoms with E-state index in [9.17, 15) is 4.79 Å². The predicted molar refractivity (Wildman–Crippen MR) is 107 cm³/mol. The zero-order valence-electron chi connectivity index (χ0n) is 16.0.